The molecule has 1 N–H and O–H groups in total. The van der Waals surface area contributed by atoms with E-state index >= 15 is 0 Å². The monoisotopic (exact) mass is 428 g/mol. The highest BCUT2D eigenvalue weighted by Crippen LogP contribution is 2.67. The molecule has 0 amide bonds. The van der Waals surface area contributed by atoms with Crippen LogP contribution in [-0.2, 0) is 11.3 Å². The molecule has 1 heterocycles. The number of rotatable bonds is 3. The summed E-state index contributed by atoms with van der Waals surface area (Å²) in [4.78, 5) is 14.8. The second-order valence-electron chi connectivity index (χ2n) is 12.2. The Hall–Kier alpha value is -1.30. The molecule has 0 aromatic carbocycles. The first kappa shape index (κ1) is 21.5. The van der Waals surface area contributed by atoms with E-state index in [-0.39, 0.29) is 17.9 Å². The molecule has 0 aliphatic heterocycles. The highest BCUT2D eigenvalue weighted by molar-refractivity contribution is 5.81. The Morgan fingerprint density at radius 1 is 0.968 bits per heavy atom. The van der Waals surface area contributed by atoms with Crippen LogP contribution in [0, 0.1) is 47.3 Å². The molecule has 4 aliphatic rings. The van der Waals surface area contributed by atoms with Gasteiger partial charge >= 0.3 is 0 Å². The fraction of sp³-hybridized carbons (Fsp3) is 0.920. The zero-order valence-electron chi connectivity index (χ0n) is 19.8. The average Bonchev–Trinajstić information content (AvgIpc) is 3.25. The molecule has 0 saturated heterocycles. The first-order valence-corrected chi connectivity index (χ1v) is 12.6. The Labute approximate surface area is 186 Å². The molecule has 1 aromatic heterocycles. The van der Waals surface area contributed by atoms with Crippen molar-refractivity contribution in [2.75, 3.05) is 0 Å². The van der Waals surface area contributed by atoms with Crippen LogP contribution in [0.25, 0.3) is 0 Å². The van der Waals surface area contributed by atoms with Gasteiger partial charge in [0.25, 0.3) is 0 Å². The molecule has 8 atom stereocenters. The predicted molar refractivity (Wildman–Crippen MR) is 118 cm³/mol. The van der Waals surface area contributed by atoms with Crippen LogP contribution in [0.3, 0.4) is 0 Å². The molecule has 31 heavy (non-hydrogen) atoms. The number of aromatic nitrogens is 4. The molecule has 0 unspecified atom stereocenters. The average molecular weight is 429 g/mol. The van der Waals surface area contributed by atoms with Crippen LogP contribution in [0.1, 0.15) is 90.8 Å². The molecular formula is C25H40N4O2. The highest BCUT2D eigenvalue weighted by Gasteiger charge is 2.60. The maximum Gasteiger partial charge on any atom is 0.171 e. The molecule has 4 aliphatic carbocycles. The number of carbonyl (C=O) groups is 1. The van der Waals surface area contributed by atoms with E-state index in [0.717, 1.165) is 49.9 Å². The van der Waals surface area contributed by atoms with Gasteiger partial charge in [-0.05, 0) is 118 Å². The Morgan fingerprint density at radius 2 is 1.74 bits per heavy atom. The van der Waals surface area contributed by atoms with Gasteiger partial charge in [0.1, 0.15) is 6.54 Å². The third-order valence-corrected chi connectivity index (χ3v) is 10.5. The molecular weight excluding hydrogens is 388 g/mol. The zero-order valence-corrected chi connectivity index (χ0v) is 19.8. The number of hydrogen-bond acceptors (Lipinski definition) is 5. The summed E-state index contributed by atoms with van der Waals surface area (Å²) in [6.07, 6.45) is 11.5. The summed E-state index contributed by atoms with van der Waals surface area (Å²) in [6, 6.07) is 0. The fourth-order valence-corrected chi connectivity index (χ4v) is 8.72. The van der Waals surface area contributed by atoms with Crippen LogP contribution in [0.5, 0.6) is 0 Å². The maximum absolute atomic E-state index is 13.3. The molecule has 4 saturated carbocycles. The van der Waals surface area contributed by atoms with Gasteiger partial charge in [-0.3, -0.25) is 4.79 Å². The predicted octanol–water partition coefficient (Wildman–Crippen LogP) is 4.35. The van der Waals surface area contributed by atoms with Gasteiger partial charge in [-0.2, -0.15) is 4.80 Å². The van der Waals surface area contributed by atoms with E-state index in [1.165, 1.54) is 36.9 Å². The third-order valence-electron chi connectivity index (χ3n) is 10.5. The van der Waals surface area contributed by atoms with Gasteiger partial charge in [0.15, 0.2) is 11.6 Å². The highest BCUT2D eigenvalue weighted by atomic mass is 16.3. The number of aliphatic hydroxyl groups is 1. The standard InChI is InChI=1S/C25H40N4O2/c1-16-26-28-29(27-16)15-22(30)21-8-7-19-18-6-5-17-9-11-23(2,31)13-14-24(17,3)20(18)10-12-25(19,21)4/h17-21,31H,5-15H2,1-4H3/t17-,18-,19-,20-,21+,23+,24-,25-/m0/s1. The molecule has 172 valence electrons. The lowest BCUT2D eigenvalue weighted by Gasteiger charge is -2.59. The SMILES string of the molecule is Cc1nnn(CC(=O)[C@H]2CC[C@H]3[C@@H]4CC[C@H]5CC[C@@](C)(O)CC[C@]5(C)[C@H]4CC[C@]23C)n1. The van der Waals surface area contributed by atoms with E-state index in [1.807, 2.05) is 13.8 Å². The van der Waals surface area contributed by atoms with Crippen molar-refractivity contribution in [1.29, 1.82) is 0 Å². The Bertz CT molecular complexity index is 850. The maximum atomic E-state index is 13.3. The second-order valence-corrected chi connectivity index (χ2v) is 12.2. The number of nitrogens with zero attached hydrogens (tertiary/aromatic N) is 4. The van der Waals surface area contributed by atoms with Crippen molar-refractivity contribution in [2.45, 2.75) is 104 Å². The van der Waals surface area contributed by atoms with Gasteiger partial charge in [-0.15, -0.1) is 10.2 Å². The number of tetrazole rings is 1. The van der Waals surface area contributed by atoms with Gasteiger partial charge in [0, 0.05) is 5.92 Å². The number of Topliss-reactive ketones (excluding diaryl/α,β-unsaturated/α-hetero) is 1. The summed E-state index contributed by atoms with van der Waals surface area (Å²) in [6.45, 7) is 9.08. The van der Waals surface area contributed by atoms with Crippen LogP contribution >= 0.6 is 0 Å². The van der Waals surface area contributed by atoms with E-state index in [1.54, 1.807) is 0 Å². The Balaban J connectivity index is 1.35. The van der Waals surface area contributed by atoms with Gasteiger partial charge in [-0.1, -0.05) is 13.8 Å². The largest absolute Gasteiger partial charge is 0.390 e. The van der Waals surface area contributed by atoms with Crippen LogP contribution < -0.4 is 0 Å². The lowest BCUT2D eigenvalue weighted by Crippen LogP contribution is -2.52. The molecule has 6 heteroatoms. The lowest BCUT2D eigenvalue weighted by atomic mass is 9.46. The van der Waals surface area contributed by atoms with E-state index in [2.05, 4.69) is 29.3 Å². The first-order chi connectivity index (χ1) is 14.6. The van der Waals surface area contributed by atoms with Crippen LogP contribution in [-0.4, -0.2) is 36.7 Å². The molecule has 0 bridgehead atoms. The molecule has 1 aromatic rings. The Morgan fingerprint density at radius 3 is 2.48 bits per heavy atom. The van der Waals surface area contributed by atoms with Crippen molar-refractivity contribution in [2.24, 2.45) is 40.4 Å². The molecule has 0 radical (unpaired) electrons. The minimum Gasteiger partial charge on any atom is -0.390 e. The van der Waals surface area contributed by atoms with Crippen molar-refractivity contribution >= 4 is 5.78 Å². The number of ketones is 1. The summed E-state index contributed by atoms with van der Waals surface area (Å²) in [5.41, 5.74) is -0.0139. The van der Waals surface area contributed by atoms with E-state index in [4.69, 9.17) is 0 Å². The summed E-state index contributed by atoms with van der Waals surface area (Å²) >= 11 is 0. The Kier molecular flexibility index (Phi) is 5.11. The van der Waals surface area contributed by atoms with E-state index in [0.29, 0.717) is 22.9 Å². The van der Waals surface area contributed by atoms with Gasteiger partial charge in [0.05, 0.1) is 5.60 Å². The molecule has 4 fully saturated rings. The minimum absolute atomic E-state index is 0.118. The summed E-state index contributed by atoms with van der Waals surface area (Å²) in [5, 5.41) is 23.0. The lowest BCUT2D eigenvalue weighted by molar-refractivity contribution is -0.134. The smallest absolute Gasteiger partial charge is 0.171 e. The third kappa shape index (κ3) is 3.48. The van der Waals surface area contributed by atoms with Crippen molar-refractivity contribution in [3.63, 3.8) is 0 Å². The summed E-state index contributed by atoms with van der Waals surface area (Å²) in [7, 11) is 0. The quantitative estimate of drug-likeness (QED) is 0.774. The summed E-state index contributed by atoms with van der Waals surface area (Å²) < 4.78 is 0. The normalized spacial score (nSPS) is 47.2. The molecule has 5 rings (SSSR count). The minimum atomic E-state index is -0.488. The molecule has 0 spiro atoms. The van der Waals surface area contributed by atoms with Crippen LogP contribution in [0.15, 0.2) is 0 Å². The van der Waals surface area contributed by atoms with Crippen molar-refractivity contribution in [3.8, 4) is 0 Å². The topological polar surface area (TPSA) is 80.9 Å². The van der Waals surface area contributed by atoms with Crippen LogP contribution in [0.2, 0.25) is 0 Å². The van der Waals surface area contributed by atoms with Gasteiger partial charge in [0.2, 0.25) is 0 Å². The second kappa shape index (κ2) is 7.36. The number of aryl methyl sites for hydroxylation is 1. The van der Waals surface area contributed by atoms with E-state index in [9.17, 15) is 9.90 Å². The van der Waals surface area contributed by atoms with Gasteiger partial charge < -0.3 is 5.11 Å². The van der Waals surface area contributed by atoms with Gasteiger partial charge in [-0.25, -0.2) is 0 Å². The van der Waals surface area contributed by atoms with E-state index < -0.39 is 5.60 Å². The zero-order chi connectivity index (χ0) is 22.0. The van der Waals surface area contributed by atoms with Crippen molar-refractivity contribution in [3.05, 3.63) is 5.82 Å². The number of carbonyl (C=O) groups excluding carboxylic acids is 1. The van der Waals surface area contributed by atoms with Crippen LogP contribution in [0.4, 0.5) is 0 Å². The van der Waals surface area contributed by atoms with Crippen molar-refractivity contribution < 1.29 is 9.90 Å². The fourth-order valence-electron chi connectivity index (χ4n) is 8.72. The first-order valence-electron chi connectivity index (χ1n) is 12.6. The van der Waals surface area contributed by atoms with Crippen molar-refractivity contribution in [1.82, 2.24) is 20.2 Å². The molecule has 6 nitrogen and oxygen atoms in total. The number of fused-ring (bicyclic) bond motifs is 5. The summed E-state index contributed by atoms with van der Waals surface area (Å²) in [5.74, 6) is 3.96. The number of hydrogen-bond donors (Lipinski definition) is 1.